The van der Waals surface area contributed by atoms with Gasteiger partial charge in [-0.25, -0.2) is 4.98 Å². The molecule has 144 valence electrons. The standard InChI is InChI=1S/C16H14ClF3N4O3/c17-13-8-11(24(26)27)3-4-12(13)15(25)22-7-1-6-21-14-5-2-10(9-23-14)16(18,19)20/h2-5,8-9H,1,6-7H2,(H,21,23)(H,22,25). The van der Waals surface area contributed by atoms with Crippen LogP contribution in [0.5, 0.6) is 0 Å². The van der Waals surface area contributed by atoms with Gasteiger partial charge in [-0.2, -0.15) is 13.2 Å². The third-order valence-corrected chi connectivity index (χ3v) is 3.76. The average molecular weight is 403 g/mol. The molecule has 0 fully saturated rings. The van der Waals surface area contributed by atoms with E-state index in [1.54, 1.807) is 0 Å². The molecule has 2 aromatic rings. The monoisotopic (exact) mass is 402 g/mol. The number of amides is 1. The number of benzene rings is 1. The molecule has 1 amide bonds. The van der Waals surface area contributed by atoms with Gasteiger partial charge in [0.1, 0.15) is 5.82 Å². The van der Waals surface area contributed by atoms with Crippen molar-refractivity contribution in [2.45, 2.75) is 12.6 Å². The number of nitrogens with one attached hydrogen (secondary N) is 2. The van der Waals surface area contributed by atoms with Crippen molar-refractivity contribution in [3.05, 3.63) is 62.8 Å². The number of aromatic nitrogens is 1. The molecule has 11 heteroatoms. The average Bonchev–Trinajstić information content (AvgIpc) is 2.60. The van der Waals surface area contributed by atoms with Crippen molar-refractivity contribution in [1.29, 1.82) is 0 Å². The fourth-order valence-corrected chi connectivity index (χ4v) is 2.33. The van der Waals surface area contributed by atoms with Gasteiger partial charge in [0.15, 0.2) is 0 Å². The summed E-state index contributed by atoms with van der Waals surface area (Å²) < 4.78 is 37.3. The normalized spacial score (nSPS) is 11.1. The minimum absolute atomic E-state index is 0.0335. The summed E-state index contributed by atoms with van der Waals surface area (Å²) >= 11 is 5.87. The molecule has 0 bridgehead atoms. The molecule has 2 rings (SSSR count). The molecule has 0 spiro atoms. The van der Waals surface area contributed by atoms with Crippen molar-refractivity contribution in [2.24, 2.45) is 0 Å². The fourth-order valence-electron chi connectivity index (χ4n) is 2.07. The zero-order valence-corrected chi connectivity index (χ0v) is 14.5. The number of hydrogen-bond acceptors (Lipinski definition) is 5. The van der Waals surface area contributed by atoms with E-state index in [0.717, 1.165) is 18.3 Å². The second kappa shape index (κ2) is 8.67. The number of non-ortho nitro benzene ring substituents is 1. The predicted octanol–water partition coefficient (Wildman–Crippen LogP) is 3.89. The van der Waals surface area contributed by atoms with Gasteiger partial charge in [-0.05, 0) is 24.6 Å². The summed E-state index contributed by atoms with van der Waals surface area (Å²) in [7, 11) is 0. The van der Waals surface area contributed by atoms with Crippen LogP contribution in [0.1, 0.15) is 22.3 Å². The quantitative estimate of drug-likeness (QED) is 0.416. The lowest BCUT2D eigenvalue weighted by atomic mass is 10.2. The maximum Gasteiger partial charge on any atom is 0.417 e. The van der Waals surface area contributed by atoms with Crippen LogP contribution < -0.4 is 10.6 Å². The first-order valence-electron chi connectivity index (χ1n) is 7.68. The Morgan fingerprint density at radius 3 is 2.52 bits per heavy atom. The summed E-state index contributed by atoms with van der Waals surface area (Å²) in [5.74, 6) is -0.199. The van der Waals surface area contributed by atoms with E-state index in [1.807, 2.05) is 0 Å². The van der Waals surface area contributed by atoms with Gasteiger partial charge in [-0.3, -0.25) is 14.9 Å². The molecule has 0 aliphatic heterocycles. The molecule has 0 atom stereocenters. The van der Waals surface area contributed by atoms with Gasteiger partial charge in [0.25, 0.3) is 11.6 Å². The van der Waals surface area contributed by atoms with E-state index in [4.69, 9.17) is 11.6 Å². The van der Waals surface area contributed by atoms with Gasteiger partial charge >= 0.3 is 6.18 Å². The van der Waals surface area contributed by atoms with E-state index in [-0.39, 0.29) is 28.6 Å². The van der Waals surface area contributed by atoms with Gasteiger partial charge in [0.2, 0.25) is 0 Å². The van der Waals surface area contributed by atoms with Gasteiger partial charge in [-0.1, -0.05) is 11.6 Å². The highest BCUT2D eigenvalue weighted by Crippen LogP contribution is 2.28. The smallest absolute Gasteiger partial charge is 0.370 e. The molecule has 1 heterocycles. The van der Waals surface area contributed by atoms with Crippen molar-refractivity contribution < 1.29 is 22.9 Å². The second-order valence-electron chi connectivity index (χ2n) is 5.39. The molecule has 0 saturated carbocycles. The minimum atomic E-state index is -4.44. The number of alkyl halides is 3. The van der Waals surface area contributed by atoms with Crippen LogP contribution >= 0.6 is 11.6 Å². The van der Waals surface area contributed by atoms with Crippen LogP contribution in [0, 0.1) is 10.1 Å². The summed E-state index contributed by atoms with van der Waals surface area (Å²) in [5.41, 5.74) is -0.940. The molecular weight excluding hydrogens is 389 g/mol. The number of hydrogen-bond donors (Lipinski definition) is 2. The number of nitro groups is 1. The zero-order valence-electron chi connectivity index (χ0n) is 13.7. The summed E-state index contributed by atoms with van der Waals surface area (Å²) in [6.07, 6.45) is -3.23. The third-order valence-electron chi connectivity index (χ3n) is 3.44. The third kappa shape index (κ3) is 5.81. The lowest BCUT2D eigenvalue weighted by Gasteiger charge is -2.09. The Kier molecular flexibility index (Phi) is 6.56. The summed E-state index contributed by atoms with van der Waals surface area (Å²) in [5, 5.41) is 16.0. The predicted molar refractivity (Wildman–Crippen MR) is 92.8 cm³/mol. The van der Waals surface area contributed by atoms with Crippen molar-refractivity contribution in [2.75, 3.05) is 18.4 Å². The first-order chi connectivity index (χ1) is 12.7. The first kappa shape index (κ1) is 20.4. The molecule has 0 saturated heterocycles. The molecule has 2 N–H and O–H groups in total. The van der Waals surface area contributed by atoms with E-state index in [1.165, 1.54) is 18.2 Å². The molecule has 0 radical (unpaired) electrons. The number of anilines is 1. The van der Waals surface area contributed by atoms with E-state index in [2.05, 4.69) is 15.6 Å². The van der Waals surface area contributed by atoms with Crippen LogP contribution in [-0.2, 0) is 6.18 Å². The number of nitrogens with zero attached hydrogens (tertiary/aromatic N) is 2. The molecule has 0 aliphatic rings. The van der Waals surface area contributed by atoms with E-state index in [0.29, 0.717) is 13.0 Å². The second-order valence-corrected chi connectivity index (χ2v) is 5.79. The van der Waals surface area contributed by atoms with Crippen LogP contribution in [0.25, 0.3) is 0 Å². The lowest BCUT2D eigenvalue weighted by Crippen LogP contribution is -2.26. The van der Waals surface area contributed by atoms with E-state index >= 15 is 0 Å². The number of carbonyl (C=O) groups is 1. The minimum Gasteiger partial charge on any atom is -0.370 e. The van der Waals surface area contributed by atoms with Gasteiger partial charge in [0.05, 0.1) is 21.1 Å². The number of rotatable bonds is 7. The lowest BCUT2D eigenvalue weighted by molar-refractivity contribution is -0.384. The van der Waals surface area contributed by atoms with Crippen LogP contribution in [0.4, 0.5) is 24.7 Å². The fraction of sp³-hybridized carbons (Fsp3) is 0.250. The summed E-state index contributed by atoms with van der Waals surface area (Å²) in [6, 6.07) is 5.68. The van der Waals surface area contributed by atoms with Crippen LogP contribution in [0.15, 0.2) is 36.5 Å². The van der Waals surface area contributed by atoms with E-state index in [9.17, 15) is 28.1 Å². The Morgan fingerprint density at radius 1 is 1.22 bits per heavy atom. The Balaban J connectivity index is 1.77. The molecule has 1 aromatic heterocycles. The molecule has 1 aromatic carbocycles. The Morgan fingerprint density at radius 2 is 1.96 bits per heavy atom. The zero-order chi connectivity index (χ0) is 20.0. The number of halogens is 4. The van der Waals surface area contributed by atoms with Crippen LogP contribution in [0.2, 0.25) is 5.02 Å². The summed E-state index contributed by atoms with van der Waals surface area (Å²) in [4.78, 5) is 25.7. The first-order valence-corrected chi connectivity index (χ1v) is 8.05. The van der Waals surface area contributed by atoms with Crippen molar-refractivity contribution >= 4 is 29.0 Å². The SMILES string of the molecule is O=C(NCCCNc1ccc(C(F)(F)F)cn1)c1ccc([N+](=O)[O-])cc1Cl. The van der Waals surface area contributed by atoms with Crippen molar-refractivity contribution in [1.82, 2.24) is 10.3 Å². The highest BCUT2D eigenvalue weighted by Gasteiger charge is 2.30. The maximum atomic E-state index is 12.4. The molecule has 0 aliphatic carbocycles. The molecule has 0 unspecified atom stereocenters. The summed E-state index contributed by atoms with van der Waals surface area (Å²) in [6.45, 7) is 0.631. The topological polar surface area (TPSA) is 97.2 Å². The number of nitro benzene ring substituents is 1. The Hall–Kier alpha value is -2.88. The maximum absolute atomic E-state index is 12.4. The largest absolute Gasteiger partial charge is 0.417 e. The molecule has 7 nitrogen and oxygen atoms in total. The van der Waals surface area contributed by atoms with E-state index < -0.39 is 22.6 Å². The van der Waals surface area contributed by atoms with Gasteiger partial charge in [-0.15, -0.1) is 0 Å². The van der Waals surface area contributed by atoms with Gasteiger partial charge in [0, 0.05) is 31.4 Å². The van der Waals surface area contributed by atoms with Gasteiger partial charge < -0.3 is 10.6 Å². The molecular formula is C16H14ClF3N4O3. The molecule has 27 heavy (non-hydrogen) atoms. The highest BCUT2D eigenvalue weighted by molar-refractivity contribution is 6.34. The highest BCUT2D eigenvalue weighted by atomic mass is 35.5. The Bertz CT molecular complexity index is 829. The van der Waals surface area contributed by atoms with Crippen molar-refractivity contribution in [3.63, 3.8) is 0 Å². The number of carbonyl (C=O) groups excluding carboxylic acids is 1. The Labute approximate surface area is 156 Å². The number of pyridine rings is 1. The van der Waals surface area contributed by atoms with Crippen LogP contribution in [0.3, 0.4) is 0 Å². The van der Waals surface area contributed by atoms with Crippen molar-refractivity contribution in [3.8, 4) is 0 Å². The van der Waals surface area contributed by atoms with Crippen LogP contribution in [-0.4, -0.2) is 28.9 Å².